The molecule has 4 N–H and O–H groups in total. The predicted octanol–water partition coefficient (Wildman–Crippen LogP) is 6.47. The van der Waals surface area contributed by atoms with Crippen molar-refractivity contribution in [2.75, 3.05) is 6.61 Å². The van der Waals surface area contributed by atoms with Gasteiger partial charge < -0.3 is 19.7 Å². The summed E-state index contributed by atoms with van der Waals surface area (Å²) in [5.41, 5.74) is 2.19. The molecule has 51 heavy (non-hydrogen) atoms. The Kier molecular flexibility index (Phi) is 9.70. The third-order valence-electron chi connectivity index (χ3n) is 8.46. The number of hydrogen-bond acceptors (Lipinski definition) is 6. The Bertz CT molecular complexity index is 2290. The summed E-state index contributed by atoms with van der Waals surface area (Å²) in [7, 11) is 0. The Morgan fingerprint density at radius 3 is 1.78 bits per heavy atom. The third kappa shape index (κ3) is 6.81. The van der Waals surface area contributed by atoms with E-state index in [9.17, 15) is 29.4 Å². The van der Waals surface area contributed by atoms with E-state index in [-0.39, 0.29) is 28.9 Å². The Morgan fingerprint density at radius 2 is 1.27 bits per heavy atom. The second-order valence-electron chi connectivity index (χ2n) is 11.7. The zero-order valence-electron chi connectivity index (χ0n) is 27.8. The van der Waals surface area contributed by atoms with Crippen LogP contribution in [0.3, 0.4) is 0 Å². The van der Waals surface area contributed by atoms with Gasteiger partial charge in [-0.05, 0) is 80.9 Å². The lowest BCUT2D eigenvalue weighted by atomic mass is 9.85. The van der Waals surface area contributed by atoms with Crippen LogP contribution in [0.1, 0.15) is 67.2 Å². The number of carbonyl (C=O) groups is 2. The van der Waals surface area contributed by atoms with Crippen molar-refractivity contribution in [1.82, 2.24) is 19.6 Å². The van der Waals surface area contributed by atoms with Gasteiger partial charge in [0.05, 0.1) is 40.2 Å². The molecule has 12 nitrogen and oxygen atoms in total. The van der Waals surface area contributed by atoms with Crippen molar-refractivity contribution in [2.24, 2.45) is 0 Å². The molecule has 0 fully saturated rings. The topological polar surface area (TPSA) is 169 Å². The average molecular weight is 709 g/mol. The van der Waals surface area contributed by atoms with E-state index in [2.05, 4.69) is 10.2 Å². The highest BCUT2D eigenvalue weighted by molar-refractivity contribution is 6.31. The van der Waals surface area contributed by atoms with Crippen LogP contribution in [0, 0.1) is 13.8 Å². The minimum atomic E-state index is -1.15. The van der Waals surface area contributed by atoms with E-state index in [1.54, 1.807) is 50.2 Å². The van der Waals surface area contributed by atoms with Crippen LogP contribution in [-0.2, 0) is 6.61 Å². The number of aromatic amines is 2. The number of aromatic carboxylic acids is 2. The second-order valence-corrected chi connectivity index (χ2v) is 12.2. The number of carboxylic acid groups (broad SMARTS) is 2. The highest BCUT2D eigenvalue weighted by atomic mass is 35.5. The fraction of sp³-hybridized carbons (Fsp3) is 0.158. The third-order valence-corrected chi connectivity index (χ3v) is 8.82. The number of carboxylic acids is 2. The lowest BCUT2D eigenvalue weighted by molar-refractivity contribution is 0.0686. The van der Waals surface area contributed by atoms with Gasteiger partial charge in [0.15, 0.2) is 11.5 Å². The van der Waals surface area contributed by atoms with E-state index in [1.807, 2.05) is 25.1 Å². The van der Waals surface area contributed by atoms with Crippen LogP contribution in [0.4, 0.5) is 0 Å². The van der Waals surface area contributed by atoms with Crippen molar-refractivity contribution in [3.05, 3.63) is 161 Å². The largest absolute Gasteiger partial charge is 0.490 e. The first-order valence-electron chi connectivity index (χ1n) is 15.9. The molecule has 6 aromatic rings. The summed E-state index contributed by atoms with van der Waals surface area (Å²) in [4.78, 5) is 52.2. The average Bonchev–Trinajstić information content (AvgIpc) is 3.58. The number of nitrogens with one attached hydrogen (secondary N) is 2. The number of aromatic nitrogens is 4. The summed E-state index contributed by atoms with van der Waals surface area (Å²) in [5, 5.41) is 25.9. The van der Waals surface area contributed by atoms with Gasteiger partial charge in [-0.1, -0.05) is 48.0 Å². The van der Waals surface area contributed by atoms with Gasteiger partial charge in [0.1, 0.15) is 6.61 Å². The Labute approximate surface area is 296 Å². The van der Waals surface area contributed by atoms with Crippen molar-refractivity contribution in [3.63, 3.8) is 0 Å². The molecular weight excluding hydrogens is 676 g/mol. The molecule has 13 heteroatoms. The molecule has 0 atom stereocenters. The summed E-state index contributed by atoms with van der Waals surface area (Å²) >= 11 is 6.36. The molecule has 0 aliphatic heterocycles. The van der Waals surface area contributed by atoms with Crippen molar-refractivity contribution >= 4 is 23.5 Å². The van der Waals surface area contributed by atoms with Gasteiger partial charge in [0.25, 0.3) is 11.1 Å². The number of nitrogens with zero attached hydrogens (tertiary/aromatic N) is 2. The molecule has 0 bridgehead atoms. The molecule has 0 aliphatic carbocycles. The predicted molar refractivity (Wildman–Crippen MR) is 191 cm³/mol. The maximum Gasteiger partial charge on any atom is 0.335 e. The maximum atomic E-state index is 14.4. The van der Waals surface area contributed by atoms with E-state index in [0.29, 0.717) is 51.5 Å². The van der Waals surface area contributed by atoms with Gasteiger partial charge in [-0.3, -0.25) is 19.8 Å². The summed E-state index contributed by atoms with van der Waals surface area (Å²) in [5.74, 6) is -2.48. The monoisotopic (exact) mass is 708 g/mol. The number of rotatable bonds is 12. The number of halogens is 1. The molecule has 0 saturated carbocycles. The lowest BCUT2D eigenvalue weighted by Gasteiger charge is -2.19. The molecule has 4 aromatic carbocycles. The summed E-state index contributed by atoms with van der Waals surface area (Å²) in [6, 6.07) is 24.4. The van der Waals surface area contributed by atoms with Crippen LogP contribution >= 0.6 is 11.6 Å². The number of ether oxygens (including phenoxy) is 2. The highest BCUT2D eigenvalue weighted by Gasteiger charge is 2.32. The van der Waals surface area contributed by atoms with Gasteiger partial charge in [0, 0.05) is 27.9 Å². The zero-order chi connectivity index (χ0) is 36.4. The summed E-state index contributed by atoms with van der Waals surface area (Å²) < 4.78 is 14.6. The number of H-pyrrole nitrogens is 2. The van der Waals surface area contributed by atoms with Gasteiger partial charge in [-0.2, -0.15) is 0 Å². The standard InChI is InChI=1S/C38H33ClN4O8/c1-4-50-31-19-23(15-16-30(31)51-20-26-9-5-6-14-29(26)39)34(32-21(2)40-42(35(32)44)27-12-7-10-24(17-27)37(46)47)33-22(3)41-43(36(33)45)28-13-8-11-25(18-28)38(48)49/h5-19,34,40-41H,4,20H2,1-3H3,(H,46,47)(H,48,49). The van der Waals surface area contributed by atoms with Crippen LogP contribution < -0.4 is 20.6 Å². The summed E-state index contributed by atoms with van der Waals surface area (Å²) in [6.45, 7) is 5.67. The molecule has 260 valence electrons. The Balaban J connectivity index is 1.54. The Morgan fingerprint density at radius 1 is 0.725 bits per heavy atom. The molecule has 0 radical (unpaired) electrons. The van der Waals surface area contributed by atoms with Crippen LogP contribution in [-0.4, -0.2) is 48.3 Å². The minimum Gasteiger partial charge on any atom is -0.490 e. The first kappa shape index (κ1) is 34.6. The fourth-order valence-electron chi connectivity index (χ4n) is 6.06. The van der Waals surface area contributed by atoms with E-state index in [4.69, 9.17) is 21.1 Å². The molecule has 2 heterocycles. The van der Waals surface area contributed by atoms with Crippen LogP contribution in [0.2, 0.25) is 5.02 Å². The normalized spacial score (nSPS) is 11.2. The number of hydrogen-bond donors (Lipinski definition) is 4. The summed E-state index contributed by atoms with van der Waals surface area (Å²) in [6.07, 6.45) is 0. The first-order chi connectivity index (χ1) is 24.5. The van der Waals surface area contributed by atoms with E-state index < -0.39 is 29.0 Å². The van der Waals surface area contributed by atoms with Gasteiger partial charge in [-0.25, -0.2) is 19.0 Å². The molecule has 0 amide bonds. The maximum absolute atomic E-state index is 14.4. The van der Waals surface area contributed by atoms with Crippen molar-refractivity contribution in [3.8, 4) is 22.9 Å². The number of benzene rings is 4. The molecule has 6 rings (SSSR count). The van der Waals surface area contributed by atoms with Gasteiger partial charge in [0.2, 0.25) is 0 Å². The Hall–Kier alpha value is -6.27. The zero-order valence-corrected chi connectivity index (χ0v) is 28.5. The molecule has 0 unspecified atom stereocenters. The van der Waals surface area contributed by atoms with E-state index in [1.165, 1.54) is 45.8 Å². The molecule has 2 aromatic heterocycles. The highest BCUT2D eigenvalue weighted by Crippen LogP contribution is 2.38. The molecule has 0 spiro atoms. The molecule has 0 saturated heterocycles. The SMILES string of the molecule is CCOc1cc(C(c2c(C)[nH]n(-c3cccc(C(=O)O)c3)c2=O)c2c(C)[nH]n(-c3cccc(C(=O)O)c3)c2=O)ccc1OCc1ccccc1Cl. The second kappa shape index (κ2) is 14.3. The lowest BCUT2D eigenvalue weighted by Crippen LogP contribution is -2.25. The quantitative estimate of drug-likeness (QED) is 0.112. The fourth-order valence-corrected chi connectivity index (χ4v) is 6.25. The van der Waals surface area contributed by atoms with Gasteiger partial charge >= 0.3 is 11.9 Å². The molecule has 0 aliphatic rings. The molecular formula is C38H33ClN4O8. The van der Waals surface area contributed by atoms with Crippen LogP contribution in [0.5, 0.6) is 11.5 Å². The number of aryl methyl sites for hydroxylation is 2. The van der Waals surface area contributed by atoms with Crippen LogP contribution in [0.25, 0.3) is 11.4 Å². The van der Waals surface area contributed by atoms with Gasteiger partial charge in [-0.15, -0.1) is 0 Å². The smallest absolute Gasteiger partial charge is 0.335 e. The van der Waals surface area contributed by atoms with Crippen molar-refractivity contribution in [1.29, 1.82) is 0 Å². The van der Waals surface area contributed by atoms with E-state index >= 15 is 0 Å². The first-order valence-corrected chi connectivity index (χ1v) is 16.3. The van der Waals surface area contributed by atoms with Crippen LogP contribution in [0.15, 0.2) is 101 Å². The minimum absolute atomic E-state index is 0.00792. The van der Waals surface area contributed by atoms with E-state index in [0.717, 1.165) is 5.56 Å². The van der Waals surface area contributed by atoms with Crippen molar-refractivity contribution in [2.45, 2.75) is 33.3 Å². The van der Waals surface area contributed by atoms with Crippen molar-refractivity contribution < 1.29 is 29.3 Å².